The van der Waals surface area contributed by atoms with E-state index in [1.54, 1.807) is 0 Å². The van der Waals surface area contributed by atoms with Gasteiger partial charge in [-0.1, -0.05) is 43.3 Å². The van der Waals surface area contributed by atoms with Crippen molar-refractivity contribution in [1.29, 1.82) is 0 Å². The Labute approximate surface area is 136 Å². The number of nitrogens with zero attached hydrogens (tertiary/aromatic N) is 2. The molecule has 4 heteroatoms. The van der Waals surface area contributed by atoms with Crippen LogP contribution in [0, 0.1) is 0 Å². The summed E-state index contributed by atoms with van der Waals surface area (Å²) in [4.78, 5) is 28.5. The SMILES string of the molecule is CCC(=O)N1CCCN(C(=O)c2cccc3ccccc23)CC1. The third-order valence-electron chi connectivity index (χ3n) is 4.46. The fourth-order valence-corrected chi connectivity index (χ4v) is 3.18. The number of rotatable bonds is 2. The fourth-order valence-electron chi connectivity index (χ4n) is 3.18. The van der Waals surface area contributed by atoms with Gasteiger partial charge < -0.3 is 9.80 Å². The molecule has 0 radical (unpaired) electrons. The van der Waals surface area contributed by atoms with Gasteiger partial charge in [0.15, 0.2) is 0 Å². The number of amides is 2. The second-order valence-electron chi connectivity index (χ2n) is 5.91. The highest BCUT2D eigenvalue weighted by Gasteiger charge is 2.22. The van der Waals surface area contributed by atoms with E-state index in [1.165, 1.54) is 0 Å². The Morgan fingerprint density at radius 3 is 2.43 bits per heavy atom. The summed E-state index contributed by atoms with van der Waals surface area (Å²) in [5.41, 5.74) is 0.748. The van der Waals surface area contributed by atoms with Crippen molar-refractivity contribution in [2.75, 3.05) is 26.2 Å². The summed E-state index contributed by atoms with van der Waals surface area (Å²) in [6.07, 6.45) is 1.36. The van der Waals surface area contributed by atoms with Gasteiger partial charge in [0.2, 0.25) is 5.91 Å². The van der Waals surface area contributed by atoms with Crippen LogP contribution in [0.5, 0.6) is 0 Å². The van der Waals surface area contributed by atoms with E-state index in [4.69, 9.17) is 0 Å². The van der Waals surface area contributed by atoms with Crippen LogP contribution in [-0.2, 0) is 4.79 Å². The van der Waals surface area contributed by atoms with Crippen LogP contribution in [0.3, 0.4) is 0 Å². The van der Waals surface area contributed by atoms with Crippen molar-refractivity contribution in [3.8, 4) is 0 Å². The van der Waals surface area contributed by atoms with E-state index in [-0.39, 0.29) is 11.8 Å². The van der Waals surface area contributed by atoms with E-state index in [2.05, 4.69) is 0 Å². The van der Waals surface area contributed by atoms with Crippen molar-refractivity contribution < 1.29 is 9.59 Å². The van der Waals surface area contributed by atoms with Crippen LogP contribution in [0.15, 0.2) is 42.5 Å². The largest absolute Gasteiger partial charge is 0.341 e. The molecule has 1 aliphatic rings. The third kappa shape index (κ3) is 3.21. The van der Waals surface area contributed by atoms with E-state index in [0.29, 0.717) is 26.1 Å². The molecule has 0 aliphatic carbocycles. The molecule has 3 rings (SSSR count). The Morgan fingerprint density at radius 1 is 0.913 bits per heavy atom. The predicted molar refractivity (Wildman–Crippen MR) is 91.3 cm³/mol. The minimum absolute atomic E-state index is 0.0626. The number of benzene rings is 2. The Balaban J connectivity index is 1.81. The van der Waals surface area contributed by atoms with Crippen molar-refractivity contribution in [1.82, 2.24) is 9.80 Å². The molecule has 1 heterocycles. The first-order valence-electron chi connectivity index (χ1n) is 8.25. The van der Waals surface area contributed by atoms with Gasteiger partial charge in [-0.2, -0.15) is 0 Å². The maximum Gasteiger partial charge on any atom is 0.254 e. The molecule has 23 heavy (non-hydrogen) atoms. The smallest absolute Gasteiger partial charge is 0.254 e. The number of carbonyl (C=O) groups is 2. The van der Waals surface area contributed by atoms with Gasteiger partial charge in [-0.25, -0.2) is 0 Å². The Bertz CT molecular complexity index is 721. The second kappa shape index (κ2) is 6.82. The van der Waals surface area contributed by atoms with Crippen LogP contribution in [0.2, 0.25) is 0 Å². The fraction of sp³-hybridized carbons (Fsp3) is 0.368. The van der Waals surface area contributed by atoms with Crippen LogP contribution < -0.4 is 0 Å². The van der Waals surface area contributed by atoms with E-state index < -0.39 is 0 Å². The molecular weight excluding hydrogens is 288 g/mol. The molecule has 4 nitrogen and oxygen atoms in total. The van der Waals surface area contributed by atoms with Crippen LogP contribution in [0.1, 0.15) is 30.1 Å². The van der Waals surface area contributed by atoms with Gasteiger partial charge in [0.25, 0.3) is 5.91 Å². The summed E-state index contributed by atoms with van der Waals surface area (Å²) in [6.45, 7) is 4.56. The van der Waals surface area contributed by atoms with Gasteiger partial charge in [-0.3, -0.25) is 9.59 Å². The predicted octanol–water partition coefficient (Wildman–Crippen LogP) is 2.92. The zero-order valence-corrected chi connectivity index (χ0v) is 13.5. The lowest BCUT2D eigenvalue weighted by Gasteiger charge is -2.22. The number of hydrogen-bond acceptors (Lipinski definition) is 2. The highest BCUT2D eigenvalue weighted by molar-refractivity contribution is 6.07. The van der Waals surface area contributed by atoms with E-state index in [1.807, 2.05) is 59.2 Å². The molecule has 1 fully saturated rings. The first-order chi connectivity index (χ1) is 11.2. The molecule has 2 amide bonds. The van der Waals surface area contributed by atoms with Crippen LogP contribution >= 0.6 is 0 Å². The lowest BCUT2D eigenvalue weighted by molar-refractivity contribution is -0.130. The summed E-state index contributed by atoms with van der Waals surface area (Å²) >= 11 is 0. The van der Waals surface area contributed by atoms with Gasteiger partial charge in [0, 0.05) is 38.2 Å². The quantitative estimate of drug-likeness (QED) is 0.856. The topological polar surface area (TPSA) is 40.6 Å². The third-order valence-corrected chi connectivity index (χ3v) is 4.46. The zero-order chi connectivity index (χ0) is 16.2. The summed E-state index contributed by atoms with van der Waals surface area (Å²) in [7, 11) is 0. The summed E-state index contributed by atoms with van der Waals surface area (Å²) < 4.78 is 0. The second-order valence-corrected chi connectivity index (χ2v) is 5.91. The van der Waals surface area contributed by atoms with Crippen molar-refractivity contribution in [3.63, 3.8) is 0 Å². The molecule has 120 valence electrons. The van der Waals surface area contributed by atoms with Gasteiger partial charge >= 0.3 is 0 Å². The summed E-state index contributed by atoms with van der Waals surface area (Å²) in [5, 5.41) is 2.07. The average Bonchev–Trinajstić information content (AvgIpc) is 2.86. The van der Waals surface area contributed by atoms with Crippen molar-refractivity contribution in [2.45, 2.75) is 19.8 Å². The highest BCUT2D eigenvalue weighted by atomic mass is 16.2. The van der Waals surface area contributed by atoms with Crippen LogP contribution in [0.4, 0.5) is 0 Å². The highest BCUT2D eigenvalue weighted by Crippen LogP contribution is 2.20. The molecule has 0 atom stereocenters. The minimum Gasteiger partial charge on any atom is -0.341 e. The van der Waals surface area contributed by atoms with Gasteiger partial charge in [0.05, 0.1) is 0 Å². The normalized spacial score (nSPS) is 15.5. The number of hydrogen-bond donors (Lipinski definition) is 0. The lowest BCUT2D eigenvalue weighted by atomic mass is 10.0. The molecule has 1 saturated heterocycles. The van der Waals surface area contributed by atoms with Gasteiger partial charge in [0.1, 0.15) is 0 Å². The Kier molecular flexibility index (Phi) is 4.60. The molecule has 2 aromatic rings. The van der Waals surface area contributed by atoms with Crippen molar-refractivity contribution in [2.24, 2.45) is 0 Å². The van der Waals surface area contributed by atoms with Gasteiger partial charge in [-0.05, 0) is 23.3 Å². The van der Waals surface area contributed by atoms with Crippen LogP contribution in [0.25, 0.3) is 10.8 Å². The standard InChI is InChI=1S/C19H22N2O2/c1-2-18(22)20-11-6-12-21(14-13-20)19(23)17-10-5-8-15-7-3-4-9-16(15)17/h3-5,7-10H,2,6,11-14H2,1H3. The molecule has 0 spiro atoms. The molecule has 0 bridgehead atoms. The molecule has 0 unspecified atom stereocenters. The zero-order valence-electron chi connectivity index (χ0n) is 13.5. The molecule has 0 saturated carbocycles. The van der Waals surface area contributed by atoms with E-state index in [0.717, 1.165) is 29.3 Å². The molecular formula is C19H22N2O2. The lowest BCUT2D eigenvalue weighted by Crippen LogP contribution is -2.37. The number of carbonyl (C=O) groups excluding carboxylic acids is 2. The maximum absolute atomic E-state index is 12.9. The van der Waals surface area contributed by atoms with Crippen molar-refractivity contribution in [3.05, 3.63) is 48.0 Å². The summed E-state index contributed by atoms with van der Waals surface area (Å²) in [5.74, 6) is 0.233. The molecule has 2 aromatic carbocycles. The van der Waals surface area contributed by atoms with Crippen LogP contribution in [-0.4, -0.2) is 47.8 Å². The Hall–Kier alpha value is -2.36. The maximum atomic E-state index is 12.9. The molecule has 0 aromatic heterocycles. The average molecular weight is 310 g/mol. The van der Waals surface area contributed by atoms with E-state index in [9.17, 15) is 9.59 Å². The van der Waals surface area contributed by atoms with Crippen molar-refractivity contribution >= 4 is 22.6 Å². The minimum atomic E-state index is 0.0626. The molecule has 0 N–H and O–H groups in total. The van der Waals surface area contributed by atoms with Gasteiger partial charge in [-0.15, -0.1) is 0 Å². The summed E-state index contributed by atoms with van der Waals surface area (Å²) in [6, 6.07) is 13.8. The monoisotopic (exact) mass is 310 g/mol. The molecule has 1 aliphatic heterocycles. The van der Waals surface area contributed by atoms with E-state index >= 15 is 0 Å². The first kappa shape index (κ1) is 15.5. The Morgan fingerprint density at radius 2 is 1.61 bits per heavy atom. The first-order valence-corrected chi connectivity index (χ1v) is 8.25. The number of fused-ring (bicyclic) bond motifs is 1.